The van der Waals surface area contributed by atoms with Crippen molar-refractivity contribution in [2.24, 2.45) is 0 Å². The van der Waals surface area contributed by atoms with E-state index in [1.807, 2.05) is 0 Å². The second-order valence-corrected chi connectivity index (χ2v) is 5.76. The lowest BCUT2D eigenvalue weighted by Gasteiger charge is -2.42. The molecule has 1 fully saturated rings. The summed E-state index contributed by atoms with van der Waals surface area (Å²) in [7, 11) is 5.15. The van der Waals surface area contributed by atoms with Gasteiger partial charge in [0.25, 0.3) is 0 Å². The van der Waals surface area contributed by atoms with E-state index in [4.69, 9.17) is 9.47 Å². The largest absolute Gasteiger partial charge is 0.480 e. The number of hydrogen-bond acceptors (Lipinski definition) is 5. The number of hydrogen-bond donors (Lipinski definition) is 2. The van der Waals surface area contributed by atoms with Gasteiger partial charge in [-0.1, -0.05) is 0 Å². The van der Waals surface area contributed by atoms with Crippen LogP contribution in [0.25, 0.3) is 0 Å². The third-order valence-electron chi connectivity index (χ3n) is 4.51. The lowest BCUT2D eigenvalue weighted by molar-refractivity contribution is -0.147. The first kappa shape index (κ1) is 18.4. The van der Waals surface area contributed by atoms with Gasteiger partial charge in [0.15, 0.2) is 0 Å². The number of carboxylic acids is 1. The Balaban J connectivity index is 2.68. The van der Waals surface area contributed by atoms with Crippen LogP contribution in [0, 0.1) is 0 Å². The Labute approximate surface area is 127 Å². The van der Waals surface area contributed by atoms with Crippen LogP contribution >= 0.6 is 0 Å². The highest BCUT2D eigenvalue weighted by molar-refractivity contribution is 5.79. The molecule has 1 saturated carbocycles. The maximum Gasteiger partial charge on any atom is 0.323 e. The van der Waals surface area contributed by atoms with Crippen LogP contribution in [0.1, 0.15) is 32.1 Å². The average molecular weight is 302 g/mol. The first-order chi connectivity index (χ1) is 10.1. The van der Waals surface area contributed by atoms with Crippen LogP contribution in [0.2, 0.25) is 0 Å². The Bertz CT molecular complexity index is 314. The number of carboxylic acid groups (broad SMARTS) is 1. The topological polar surface area (TPSA) is 71.0 Å². The van der Waals surface area contributed by atoms with Crippen molar-refractivity contribution in [3.8, 4) is 0 Å². The van der Waals surface area contributed by atoms with E-state index in [0.717, 1.165) is 39.0 Å². The van der Waals surface area contributed by atoms with Gasteiger partial charge in [-0.25, -0.2) is 0 Å². The van der Waals surface area contributed by atoms with Crippen molar-refractivity contribution in [1.82, 2.24) is 10.2 Å². The van der Waals surface area contributed by atoms with Crippen molar-refractivity contribution >= 4 is 5.97 Å². The molecule has 0 aromatic rings. The van der Waals surface area contributed by atoms with Gasteiger partial charge in [0.2, 0.25) is 0 Å². The molecule has 1 rings (SSSR count). The molecule has 124 valence electrons. The molecule has 0 aliphatic heterocycles. The fourth-order valence-electron chi connectivity index (χ4n) is 3.18. The molecule has 0 spiro atoms. The fraction of sp³-hybridized carbons (Fsp3) is 0.933. The molecule has 0 aromatic carbocycles. The van der Waals surface area contributed by atoms with Gasteiger partial charge < -0.3 is 19.9 Å². The second-order valence-electron chi connectivity index (χ2n) is 5.76. The zero-order valence-corrected chi connectivity index (χ0v) is 13.6. The van der Waals surface area contributed by atoms with Crippen molar-refractivity contribution < 1.29 is 19.4 Å². The number of rotatable bonds is 10. The number of likely N-dealkylation sites (N-methyl/N-ethyl adjacent to an activating group) is 1. The molecule has 1 aliphatic carbocycles. The lowest BCUT2D eigenvalue weighted by Crippen LogP contribution is -2.57. The van der Waals surface area contributed by atoms with E-state index >= 15 is 0 Å². The monoisotopic (exact) mass is 302 g/mol. The smallest absolute Gasteiger partial charge is 0.323 e. The van der Waals surface area contributed by atoms with Crippen LogP contribution < -0.4 is 5.32 Å². The third-order valence-corrected chi connectivity index (χ3v) is 4.51. The minimum Gasteiger partial charge on any atom is -0.480 e. The van der Waals surface area contributed by atoms with Crippen molar-refractivity contribution in [3.05, 3.63) is 0 Å². The van der Waals surface area contributed by atoms with Crippen molar-refractivity contribution in [3.63, 3.8) is 0 Å². The number of nitrogens with zero attached hydrogens (tertiary/aromatic N) is 1. The molecule has 6 heteroatoms. The summed E-state index contributed by atoms with van der Waals surface area (Å²) in [5.74, 6) is -0.738. The SMILES string of the molecule is CNC1(C(=O)O)CCCC(N(CCCOC)CCOC)C1. The highest BCUT2D eigenvalue weighted by Crippen LogP contribution is 2.31. The maximum atomic E-state index is 11.6. The van der Waals surface area contributed by atoms with Crippen LogP contribution in [0.3, 0.4) is 0 Å². The van der Waals surface area contributed by atoms with E-state index in [1.54, 1.807) is 21.3 Å². The molecule has 0 radical (unpaired) electrons. The average Bonchev–Trinajstić information content (AvgIpc) is 2.50. The van der Waals surface area contributed by atoms with Gasteiger partial charge in [0, 0.05) is 40.0 Å². The van der Waals surface area contributed by atoms with Gasteiger partial charge >= 0.3 is 5.97 Å². The Kier molecular flexibility index (Phi) is 8.18. The first-order valence-corrected chi connectivity index (χ1v) is 7.74. The number of methoxy groups -OCH3 is 2. The van der Waals surface area contributed by atoms with Gasteiger partial charge in [0.05, 0.1) is 6.61 Å². The Morgan fingerprint density at radius 3 is 2.62 bits per heavy atom. The maximum absolute atomic E-state index is 11.6. The van der Waals surface area contributed by atoms with E-state index in [1.165, 1.54) is 0 Å². The second kappa shape index (κ2) is 9.35. The van der Waals surface area contributed by atoms with E-state index in [-0.39, 0.29) is 6.04 Å². The number of carbonyl (C=O) groups is 1. The van der Waals surface area contributed by atoms with E-state index < -0.39 is 11.5 Å². The summed E-state index contributed by atoms with van der Waals surface area (Å²) < 4.78 is 10.3. The molecule has 2 atom stereocenters. The van der Waals surface area contributed by atoms with E-state index in [0.29, 0.717) is 19.4 Å². The molecular formula is C15H30N2O4. The molecule has 0 heterocycles. The summed E-state index contributed by atoms with van der Waals surface area (Å²) in [6.07, 6.45) is 4.29. The number of nitrogens with one attached hydrogen (secondary N) is 1. The van der Waals surface area contributed by atoms with Gasteiger partial charge in [0.1, 0.15) is 5.54 Å². The van der Waals surface area contributed by atoms with Gasteiger partial charge in [-0.3, -0.25) is 9.69 Å². The molecular weight excluding hydrogens is 272 g/mol. The quantitative estimate of drug-likeness (QED) is 0.586. The summed E-state index contributed by atoms with van der Waals surface area (Å²) in [6.45, 7) is 3.15. The van der Waals surface area contributed by atoms with Crippen LogP contribution in [-0.4, -0.2) is 75.1 Å². The lowest BCUT2D eigenvalue weighted by atomic mass is 9.78. The van der Waals surface area contributed by atoms with Gasteiger partial charge in [-0.15, -0.1) is 0 Å². The fourth-order valence-corrected chi connectivity index (χ4v) is 3.18. The van der Waals surface area contributed by atoms with Crippen LogP contribution in [0.5, 0.6) is 0 Å². The van der Waals surface area contributed by atoms with Crippen LogP contribution in [0.4, 0.5) is 0 Å². The molecule has 0 amide bonds. The number of aliphatic carboxylic acids is 1. The minimum atomic E-state index is -0.782. The highest BCUT2D eigenvalue weighted by Gasteiger charge is 2.42. The Morgan fingerprint density at radius 1 is 1.33 bits per heavy atom. The molecule has 6 nitrogen and oxygen atoms in total. The normalized spacial score (nSPS) is 26.2. The summed E-state index contributed by atoms with van der Waals surface area (Å²) >= 11 is 0. The summed E-state index contributed by atoms with van der Waals surface area (Å²) in [5, 5.41) is 12.6. The number of ether oxygens (including phenoxy) is 2. The summed E-state index contributed by atoms with van der Waals surface area (Å²) in [4.78, 5) is 14.0. The van der Waals surface area contributed by atoms with Crippen molar-refractivity contribution in [2.45, 2.75) is 43.7 Å². The molecule has 2 N–H and O–H groups in total. The Morgan fingerprint density at radius 2 is 2.05 bits per heavy atom. The van der Waals surface area contributed by atoms with Crippen LogP contribution in [0.15, 0.2) is 0 Å². The zero-order chi connectivity index (χ0) is 15.7. The molecule has 0 saturated heterocycles. The summed E-state index contributed by atoms with van der Waals surface area (Å²) in [5.41, 5.74) is -0.782. The van der Waals surface area contributed by atoms with E-state index in [9.17, 15) is 9.90 Å². The van der Waals surface area contributed by atoms with Crippen molar-refractivity contribution in [1.29, 1.82) is 0 Å². The van der Waals surface area contributed by atoms with Crippen LogP contribution in [-0.2, 0) is 14.3 Å². The standard InChI is InChI=1S/C15H30N2O4/c1-16-15(14(18)19)7-4-6-13(12-15)17(9-11-21-3)8-5-10-20-2/h13,16H,4-12H2,1-3H3,(H,18,19). The first-order valence-electron chi connectivity index (χ1n) is 7.74. The van der Waals surface area contributed by atoms with Crippen molar-refractivity contribution in [2.75, 3.05) is 47.6 Å². The Hall–Kier alpha value is -0.690. The molecule has 2 unspecified atom stereocenters. The minimum absolute atomic E-state index is 0.286. The zero-order valence-electron chi connectivity index (χ0n) is 13.6. The van der Waals surface area contributed by atoms with E-state index in [2.05, 4.69) is 10.2 Å². The molecule has 21 heavy (non-hydrogen) atoms. The molecule has 0 bridgehead atoms. The predicted octanol–water partition coefficient (Wildman–Crippen LogP) is 0.957. The molecule has 0 aromatic heterocycles. The van der Waals surface area contributed by atoms with Gasteiger partial charge in [-0.05, 0) is 39.2 Å². The highest BCUT2D eigenvalue weighted by atomic mass is 16.5. The predicted molar refractivity (Wildman–Crippen MR) is 81.6 cm³/mol. The summed E-state index contributed by atoms with van der Waals surface area (Å²) in [6, 6.07) is 0.286. The molecule has 1 aliphatic rings. The van der Waals surface area contributed by atoms with Gasteiger partial charge in [-0.2, -0.15) is 0 Å². The third kappa shape index (κ3) is 5.21.